The van der Waals surface area contributed by atoms with Gasteiger partial charge in [-0.15, -0.1) is 0 Å². The molecule has 1 amide bonds. The molecule has 1 aromatic carbocycles. The van der Waals surface area contributed by atoms with Crippen molar-refractivity contribution < 1.29 is 18.0 Å². The smallest absolute Gasteiger partial charge is 0.368 e. The van der Waals surface area contributed by atoms with Crippen LogP contribution in [0.2, 0.25) is 0 Å². The quantitative estimate of drug-likeness (QED) is 0.652. The largest absolute Gasteiger partial charge is 0.416 e. The molecule has 29 heavy (non-hydrogen) atoms. The van der Waals surface area contributed by atoms with Crippen LogP contribution >= 0.6 is 0 Å². The first-order valence-corrected chi connectivity index (χ1v) is 9.41. The third-order valence-corrected chi connectivity index (χ3v) is 5.33. The number of anilines is 1. The van der Waals surface area contributed by atoms with Gasteiger partial charge in [-0.25, -0.2) is 4.98 Å². The number of carbonyl (C=O) groups is 1. The normalized spacial score (nSPS) is 15.2. The van der Waals surface area contributed by atoms with Crippen molar-refractivity contribution >= 4 is 17.2 Å². The summed E-state index contributed by atoms with van der Waals surface area (Å²) in [5.41, 5.74) is 2.82. The summed E-state index contributed by atoms with van der Waals surface area (Å²) in [4.78, 5) is 21.3. The number of amides is 1. The van der Waals surface area contributed by atoms with E-state index in [1.807, 2.05) is 41.5 Å². The van der Waals surface area contributed by atoms with Crippen LogP contribution in [0.3, 0.4) is 0 Å². The molecule has 3 aromatic rings. The summed E-state index contributed by atoms with van der Waals surface area (Å²) in [7, 11) is 0. The summed E-state index contributed by atoms with van der Waals surface area (Å²) in [6.07, 6.45) is -2.54. The van der Waals surface area contributed by atoms with Gasteiger partial charge < -0.3 is 9.80 Å². The highest BCUT2D eigenvalue weighted by Gasteiger charge is 2.31. The van der Waals surface area contributed by atoms with E-state index in [0.29, 0.717) is 43.3 Å². The first-order valence-electron chi connectivity index (χ1n) is 9.41. The number of hydrogen-bond acceptors (Lipinski definition) is 3. The van der Waals surface area contributed by atoms with Crippen molar-refractivity contribution in [3.8, 4) is 0 Å². The molecular weight excluding hydrogens is 381 g/mol. The van der Waals surface area contributed by atoms with Crippen molar-refractivity contribution in [1.82, 2.24) is 14.3 Å². The van der Waals surface area contributed by atoms with Gasteiger partial charge in [-0.05, 0) is 43.7 Å². The zero-order chi connectivity index (χ0) is 20.8. The average molecular weight is 402 g/mol. The number of alkyl halides is 3. The lowest BCUT2D eigenvalue weighted by atomic mass is 10.1. The molecule has 1 saturated heterocycles. The van der Waals surface area contributed by atoms with Gasteiger partial charge in [-0.3, -0.25) is 9.20 Å². The number of nitrogens with zero attached hydrogens (tertiary/aromatic N) is 4. The molecular formula is C21H21F3N4O. The monoisotopic (exact) mass is 402 g/mol. The highest BCUT2D eigenvalue weighted by atomic mass is 19.4. The van der Waals surface area contributed by atoms with Crippen LogP contribution in [0.25, 0.3) is 5.65 Å². The molecule has 0 spiro atoms. The fraction of sp³-hybridized carbons (Fsp3) is 0.333. The van der Waals surface area contributed by atoms with Gasteiger partial charge >= 0.3 is 6.18 Å². The van der Waals surface area contributed by atoms with E-state index in [2.05, 4.69) is 4.98 Å². The highest BCUT2D eigenvalue weighted by molar-refractivity contribution is 5.95. The summed E-state index contributed by atoms with van der Waals surface area (Å²) in [6, 6.07) is 9.15. The number of halogens is 3. The topological polar surface area (TPSA) is 40.9 Å². The SMILES string of the molecule is Cc1nc2c(C)cccn2c1C(=O)N1CCN(c2cccc(C(F)(F)F)c2)CC1. The maximum Gasteiger partial charge on any atom is 0.416 e. The van der Waals surface area contributed by atoms with Crippen molar-refractivity contribution in [1.29, 1.82) is 0 Å². The number of carbonyl (C=O) groups excluding carboxylic acids is 1. The van der Waals surface area contributed by atoms with Gasteiger partial charge in [-0.1, -0.05) is 12.1 Å². The number of pyridine rings is 1. The van der Waals surface area contributed by atoms with E-state index in [9.17, 15) is 18.0 Å². The number of rotatable bonds is 2. The molecule has 0 unspecified atom stereocenters. The number of fused-ring (bicyclic) bond motifs is 1. The lowest BCUT2D eigenvalue weighted by Gasteiger charge is -2.36. The highest BCUT2D eigenvalue weighted by Crippen LogP contribution is 2.32. The second-order valence-corrected chi connectivity index (χ2v) is 7.26. The van der Waals surface area contributed by atoms with Gasteiger partial charge in [0, 0.05) is 38.1 Å². The van der Waals surface area contributed by atoms with E-state index in [1.165, 1.54) is 6.07 Å². The van der Waals surface area contributed by atoms with Crippen LogP contribution in [-0.4, -0.2) is 46.4 Å². The molecule has 1 fully saturated rings. The van der Waals surface area contributed by atoms with Crippen LogP contribution in [-0.2, 0) is 6.18 Å². The number of hydrogen-bond donors (Lipinski definition) is 0. The van der Waals surface area contributed by atoms with Crippen molar-refractivity contribution in [2.24, 2.45) is 0 Å². The van der Waals surface area contributed by atoms with Gasteiger partial charge in [0.25, 0.3) is 5.91 Å². The molecule has 2 aromatic heterocycles. The Bertz CT molecular complexity index is 1070. The fourth-order valence-electron chi connectivity index (χ4n) is 3.77. The Morgan fingerprint density at radius 1 is 1.03 bits per heavy atom. The van der Waals surface area contributed by atoms with E-state index in [4.69, 9.17) is 0 Å². The van der Waals surface area contributed by atoms with Crippen molar-refractivity contribution in [3.63, 3.8) is 0 Å². The standard InChI is InChI=1S/C21H21F3N4O/c1-14-5-4-8-28-18(15(2)25-19(14)28)20(29)27-11-9-26(10-12-27)17-7-3-6-16(13-17)21(22,23)24/h3-8,13H,9-12H2,1-2H3. The predicted molar refractivity (Wildman–Crippen MR) is 104 cm³/mol. The average Bonchev–Trinajstić information content (AvgIpc) is 3.04. The predicted octanol–water partition coefficient (Wildman–Crippen LogP) is 3.93. The Morgan fingerprint density at radius 2 is 1.76 bits per heavy atom. The molecule has 5 nitrogen and oxygen atoms in total. The Morgan fingerprint density at radius 3 is 2.45 bits per heavy atom. The number of aromatic nitrogens is 2. The molecule has 152 valence electrons. The van der Waals surface area contributed by atoms with Gasteiger partial charge in [-0.2, -0.15) is 13.2 Å². The maximum absolute atomic E-state index is 13.1. The molecule has 0 radical (unpaired) electrons. The van der Waals surface area contributed by atoms with Crippen LogP contribution < -0.4 is 4.90 Å². The lowest BCUT2D eigenvalue weighted by molar-refractivity contribution is -0.137. The lowest BCUT2D eigenvalue weighted by Crippen LogP contribution is -2.49. The number of piperazine rings is 1. The van der Waals surface area contributed by atoms with Crippen LogP contribution in [0.5, 0.6) is 0 Å². The van der Waals surface area contributed by atoms with Crippen molar-refractivity contribution in [2.45, 2.75) is 20.0 Å². The summed E-state index contributed by atoms with van der Waals surface area (Å²) < 4.78 is 40.7. The second-order valence-electron chi connectivity index (χ2n) is 7.26. The van der Waals surface area contributed by atoms with Crippen LogP contribution in [0.1, 0.15) is 27.3 Å². The van der Waals surface area contributed by atoms with Gasteiger partial charge in [0.15, 0.2) is 0 Å². The molecule has 1 aliphatic rings. The Hall–Kier alpha value is -3.03. The first-order chi connectivity index (χ1) is 13.8. The van der Waals surface area contributed by atoms with Crippen molar-refractivity contribution in [3.05, 3.63) is 65.1 Å². The molecule has 8 heteroatoms. The van der Waals surface area contributed by atoms with Gasteiger partial charge in [0.05, 0.1) is 11.3 Å². The number of benzene rings is 1. The first kappa shape index (κ1) is 19.3. The fourth-order valence-corrected chi connectivity index (χ4v) is 3.77. The maximum atomic E-state index is 13.1. The summed E-state index contributed by atoms with van der Waals surface area (Å²) >= 11 is 0. The summed E-state index contributed by atoms with van der Waals surface area (Å²) in [5.74, 6) is -0.107. The van der Waals surface area contributed by atoms with E-state index in [0.717, 1.165) is 23.3 Å². The zero-order valence-corrected chi connectivity index (χ0v) is 16.2. The van der Waals surface area contributed by atoms with E-state index in [-0.39, 0.29) is 5.91 Å². The molecule has 0 aliphatic carbocycles. The number of imidazole rings is 1. The molecule has 0 saturated carbocycles. The Kier molecular flexibility index (Phi) is 4.72. The van der Waals surface area contributed by atoms with E-state index < -0.39 is 11.7 Å². The van der Waals surface area contributed by atoms with Crippen LogP contribution in [0.4, 0.5) is 18.9 Å². The zero-order valence-electron chi connectivity index (χ0n) is 16.2. The Balaban J connectivity index is 1.52. The number of aryl methyl sites for hydroxylation is 2. The molecule has 0 atom stereocenters. The van der Waals surface area contributed by atoms with Crippen LogP contribution in [0.15, 0.2) is 42.6 Å². The molecule has 3 heterocycles. The third kappa shape index (κ3) is 3.54. The molecule has 4 rings (SSSR count). The Labute approximate surface area is 166 Å². The third-order valence-electron chi connectivity index (χ3n) is 5.33. The van der Waals surface area contributed by atoms with Gasteiger partial charge in [0.2, 0.25) is 0 Å². The minimum atomic E-state index is -4.37. The van der Waals surface area contributed by atoms with Crippen molar-refractivity contribution in [2.75, 3.05) is 31.1 Å². The summed E-state index contributed by atoms with van der Waals surface area (Å²) in [5, 5.41) is 0. The second kappa shape index (κ2) is 7.09. The minimum absolute atomic E-state index is 0.107. The van der Waals surface area contributed by atoms with E-state index >= 15 is 0 Å². The van der Waals surface area contributed by atoms with E-state index in [1.54, 1.807) is 11.0 Å². The molecule has 0 N–H and O–H groups in total. The summed E-state index contributed by atoms with van der Waals surface area (Å²) in [6.45, 7) is 5.59. The minimum Gasteiger partial charge on any atom is -0.368 e. The van der Waals surface area contributed by atoms with Crippen LogP contribution in [0, 0.1) is 13.8 Å². The molecule has 1 aliphatic heterocycles. The van der Waals surface area contributed by atoms with Gasteiger partial charge in [0.1, 0.15) is 11.3 Å². The molecule has 0 bridgehead atoms.